The third-order valence-electron chi connectivity index (χ3n) is 2.36. The van der Waals surface area contributed by atoms with Crippen LogP contribution in [0.15, 0.2) is 38.5 Å². The van der Waals surface area contributed by atoms with Crippen LogP contribution in [0.3, 0.4) is 0 Å². The normalized spacial score (nSPS) is 10.5. The number of para-hydroxylation sites is 2. The maximum Gasteiger partial charge on any atom is 0.419 e. The highest BCUT2D eigenvalue weighted by Gasteiger charge is 2.08. The third-order valence-corrected chi connectivity index (χ3v) is 3.11. The predicted molar refractivity (Wildman–Crippen MR) is 76.5 cm³/mol. The zero-order valence-corrected chi connectivity index (χ0v) is 10.8. The Morgan fingerprint density at radius 2 is 2.16 bits per heavy atom. The molecule has 0 aliphatic rings. The number of rotatable bonds is 3. The van der Waals surface area contributed by atoms with Crippen molar-refractivity contribution >= 4 is 34.0 Å². The monoisotopic (exact) mass is 279 g/mol. The number of fused-ring (bicyclic) bond motifs is 1. The molecule has 0 bridgehead atoms. The van der Waals surface area contributed by atoms with E-state index >= 15 is 0 Å². The van der Waals surface area contributed by atoms with Crippen molar-refractivity contribution in [3.8, 4) is 0 Å². The zero-order chi connectivity index (χ0) is 13.8. The summed E-state index contributed by atoms with van der Waals surface area (Å²) in [4.78, 5) is 15.2. The van der Waals surface area contributed by atoms with Crippen LogP contribution in [-0.2, 0) is 6.54 Å². The second kappa shape index (κ2) is 5.61. The Labute approximate surface area is 112 Å². The molecular formula is C11H13N5O2S. The number of nitrogens with two attached hydrogens (primary N) is 2. The molecule has 0 aliphatic heterocycles. The van der Waals surface area contributed by atoms with Crippen LogP contribution >= 0.6 is 11.8 Å². The van der Waals surface area contributed by atoms with Crippen molar-refractivity contribution < 1.29 is 4.42 Å². The summed E-state index contributed by atoms with van der Waals surface area (Å²) in [7, 11) is 0. The highest BCUT2D eigenvalue weighted by molar-refractivity contribution is 8.13. The van der Waals surface area contributed by atoms with E-state index < -0.39 is 5.76 Å². The van der Waals surface area contributed by atoms with Crippen LogP contribution in [-0.4, -0.2) is 21.4 Å². The second-order valence-electron chi connectivity index (χ2n) is 3.68. The molecule has 0 saturated carbocycles. The molecule has 0 aliphatic carbocycles. The smallest absolute Gasteiger partial charge is 0.408 e. The molecule has 19 heavy (non-hydrogen) atoms. The van der Waals surface area contributed by atoms with E-state index in [0.29, 0.717) is 17.9 Å². The van der Waals surface area contributed by atoms with Gasteiger partial charge in [0.1, 0.15) is 0 Å². The van der Waals surface area contributed by atoms with Crippen LogP contribution in [0.1, 0.15) is 0 Å². The fraction of sp³-hybridized carbons (Fsp3) is 0.182. The number of aryl methyl sites for hydroxylation is 1. The molecule has 0 fully saturated rings. The van der Waals surface area contributed by atoms with Crippen molar-refractivity contribution in [2.75, 3.05) is 5.75 Å². The van der Waals surface area contributed by atoms with Gasteiger partial charge < -0.3 is 15.9 Å². The first-order valence-electron chi connectivity index (χ1n) is 5.47. The number of hydrogen-bond acceptors (Lipinski definition) is 4. The number of benzene rings is 1. The van der Waals surface area contributed by atoms with Crippen LogP contribution in [0.4, 0.5) is 0 Å². The number of amidine groups is 1. The number of thioether (sulfide) groups is 1. The molecule has 100 valence electrons. The standard InChI is InChI=1S/C11H13N5O2S/c12-9(13)15-10(14)19-6-5-16-7-3-1-2-4-8(7)18-11(16)17/h1-4H,5-6H2,(H5,12,13,14,15). The Kier molecular flexibility index (Phi) is 3.91. The number of oxazole rings is 1. The minimum Gasteiger partial charge on any atom is -0.408 e. The largest absolute Gasteiger partial charge is 0.419 e. The number of nitrogens with one attached hydrogen (secondary N) is 1. The first kappa shape index (κ1) is 13.2. The number of hydrogen-bond donors (Lipinski definition) is 3. The molecule has 0 atom stereocenters. The predicted octanol–water partition coefficient (Wildman–Crippen LogP) is 0.536. The molecular weight excluding hydrogens is 266 g/mol. The van der Waals surface area contributed by atoms with E-state index in [1.807, 2.05) is 12.1 Å². The van der Waals surface area contributed by atoms with Gasteiger partial charge in [0.05, 0.1) is 5.52 Å². The Hall–Kier alpha value is -2.22. The van der Waals surface area contributed by atoms with E-state index in [-0.39, 0.29) is 11.1 Å². The summed E-state index contributed by atoms with van der Waals surface area (Å²) in [5.74, 6) is -0.0578. The summed E-state index contributed by atoms with van der Waals surface area (Å²) in [5.41, 5.74) is 11.6. The molecule has 1 aromatic heterocycles. The summed E-state index contributed by atoms with van der Waals surface area (Å²) in [6.07, 6.45) is 0. The lowest BCUT2D eigenvalue weighted by Gasteiger charge is -2.01. The van der Waals surface area contributed by atoms with Crippen molar-refractivity contribution in [2.45, 2.75) is 6.54 Å². The Morgan fingerprint density at radius 3 is 2.89 bits per heavy atom. The van der Waals surface area contributed by atoms with E-state index in [4.69, 9.17) is 21.3 Å². The van der Waals surface area contributed by atoms with Crippen LogP contribution in [0, 0.1) is 5.41 Å². The molecule has 0 radical (unpaired) electrons. The van der Waals surface area contributed by atoms with Crippen molar-refractivity contribution in [3.05, 3.63) is 34.8 Å². The van der Waals surface area contributed by atoms with Gasteiger partial charge in [0.2, 0.25) is 0 Å². The molecule has 0 spiro atoms. The fourth-order valence-electron chi connectivity index (χ4n) is 1.61. The lowest BCUT2D eigenvalue weighted by molar-refractivity contribution is 0.514. The van der Waals surface area contributed by atoms with E-state index in [0.717, 1.165) is 17.3 Å². The zero-order valence-electron chi connectivity index (χ0n) is 10.00. The molecule has 1 heterocycles. The SMILES string of the molecule is N=C(N=C(N)N)SCCn1c(=O)oc2ccccc21. The molecule has 1 aromatic carbocycles. The Morgan fingerprint density at radius 1 is 1.42 bits per heavy atom. The second-order valence-corrected chi connectivity index (χ2v) is 4.76. The first-order chi connectivity index (χ1) is 9.08. The third kappa shape index (κ3) is 3.16. The van der Waals surface area contributed by atoms with Crippen molar-refractivity contribution in [1.82, 2.24) is 4.57 Å². The summed E-state index contributed by atoms with van der Waals surface area (Å²) >= 11 is 1.15. The summed E-state index contributed by atoms with van der Waals surface area (Å²) in [6, 6.07) is 7.19. The van der Waals surface area contributed by atoms with Gasteiger partial charge in [-0.25, -0.2) is 4.79 Å². The Balaban J connectivity index is 2.06. The van der Waals surface area contributed by atoms with Crippen LogP contribution < -0.4 is 17.2 Å². The highest BCUT2D eigenvalue weighted by Crippen LogP contribution is 2.13. The summed E-state index contributed by atoms with van der Waals surface area (Å²) in [5, 5.41) is 7.48. The molecule has 0 unspecified atom stereocenters. The van der Waals surface area contributed by atoms with Crippen molar-refractivity contribution in [1.29, 1.82) is 5.41 Å². The maximum atomic E-state index is 11.7. The fourth-order valence-corrected chi connectivity index (χ4v) is 2.25. The molecule has 0 amide bonds. The van der Waals surface area contributed by atoms with Crippen molar-refractivity contribution in [2.24, 2.45) is 16.5 Å². The van der Waals surface area contributed by atoms with Gasteiger partial charge in [-0.3, -0.25) is 9.98 Å². The first-order valence-corrected chi connectivity index (χ1v) is 6.46. The number of aliphatic imine (C=N–C) groups is 1. The van der Waals surface area contributed by atoms with E-state index in [9.17, 15) is 4.79 Å². The lowest BCUT2D eigenvalue weighted by Crippen LogP contribution is -2.23. The van der Waals surface area contributed by atoms with Gasteiger partial charge in [-0.15, -0.1) is 0 Å². The molecule has 2 rings (SSSR count). The maximum absolute atomic E-state index is 11.7. The molecule has 0 saturated heterocycles. The summed E-state index contributed by atoms with van der Waals surface area (Å²) in [6.45, 7) is 0.420. The number of aromatic nitrogens is 1. The highest BCUT2D eigenvalue weighted by atomic mass is 32.2. The van der Waals surface area contributed by atoms with Gasteiger partial charge in [0, 0.05) is 12.3 Å². The lowest BCUT2D eigenvalue weighted by atomic mass is 10.3. The average Bonchev–Trinajstić information content (AvgIpc) is 2.65. The molecule has 7 nitrogen and oxygen atoms in total. The number of guanidine groups is 1. The molecule has 2 aromatic rings. The van der Waals surface area contributed by atoms with Gasteiger partial charge in [0.15, 0.2) is 16.7 Å². The van der Waals surface area contributed by atoms with Crippen LogP contribution in [0.25, 0.3) is 11.1 Å². The van der Waals surface area contributed by atoms with Gasteiger partial charge in [-0.05, 0) is 12.1 Å². The van der Waals surface area contributed by atoms with Gasteiger partial charge in [-0.1, -0.05) is 23.9 Å². The molecule has 8 heteroatoms. The van der Waals surface area contributed by atoms with E-state index in [2.05, 4.69) is 4.99 Å². The van der Waals surface area contributed by atoms with Gasteiger partial charge >= 0.3 is 5.76 Å². The minimum absolute atomic E-state index is 0.0147. The quantitative estimate of drug-likeness (QED) is 0.558. The van der Waals surface area contributed by atoms with Crippen LogP contribution in [0.2, 0.25) is 0 Å². The van der Waals surface area contributed by atoms with Crippen molar-refractivity contribution in [3.63, 3.8) is 0 Å². The van der Waals surface area contributed by atoms with Crippen LogP contribution in [0.5, 0.6) is 0 Å². The van der Waals surface area contributed by atoms with Gasteiger partial charge in [0.25, 0.3) is 0 Å². The van der Waals surface area contributed by atoms with E-state index in [1.54, 1.807) is 12.1 Å². The number of nitrogens with zero attached hydrogens (tertiary/aromatic N) is 2. The minimum atomic E-state index is -0.407. The van der Waals surface area contributed by atoms with Gasteiger partial charge in [-0.2, -0.15) is 4.99 Å². The topological polar surface area (TPSA) is 123 Å². The average molecular weight is 279 g/mol. The Bertz CT molecular complexity index is 684. The summed E-state index contributed by atoms with van der Waals surface area (Å²) < 4.78 is 6.62. The molecule has 5 N–H and O–H groups in total. The van der Waals surface area contributed by atoms with E-state index in [1.165, 1.54) is 4.57 Å².